The van der Waals surface area contributed by atoms with Gasteiger partial charge in [0.1, 0.15) is 0 Å². The van der Waals surface area contributed by atoms with Crippen LogP contribution in [0.4, 0.5) is 0 Å². The normalized spacial score (nSPS) is 17.0. The van der Waals surface area contributed by atoms with Crippen molar-refractivity contribution in [2.24, 2.45) is 5.92 Å². The molecule has 7 nitrogen and oxygen atoms in total. The lowest BCUT2D eigenvalue weighted by Crippen LogP contribution is -2.40. The van der Waals surface area contributed by atoms with Gasteiger partial charge in [-0.1, -0.05) is 44.7 Å². The van der Waals surface area contributed by atoms with Gasteiger partial charge in [-0.25, -0.2) is 8.42 Å². The Bertz CT molecular complexity index is 922. The van der Waals surface area contributed by atoms with Crippen LogP contribution >= 0.6 is 11.8 Å². The summed E-state index contributed by atoms with van der Waals surface area (Å²) in [6, 6.07) is 7.25. The molecule has 0 aliphatic carbocycles. The molecule has 0 radical (unpaired) electrons. The quantitative estimate of drug-likeness (QED) is 0.585. The van der Waals surface area contributed by atoms with Gasteiger partial charge in [0.05, 0.1) is 18.1 Å². The molecule has 2 aromatic rings. The van der Waals surface area contributed by atoms with Crippen LogP contribution in [-0.4, -0.2) is 59.5 Å². The third kappa shape index (κ3) is 5.02. The molecule has 1 aliphatic rings. The van der Waals surface area contributed by atoms with Crippen molar-refractivity contribution in [2.75, 3.05) is 32.1 Å². The van der Waals surface area contributed by atoms with E-state index in [1.807, 2.05) is 6.07 Å². The molecule has 1 fully saturated rings. The van der Waals surface area contributed by atoms with E-state index in [4.69, 9.17) is 4.74 Å². The van der Waals surface area contributed by atoms with E-state index in [1.54, 1.807) is 30.0 Å². The summed E-state index contributed by atoms with van der Waals surface area (Å²) >= 11 is 1.70. The first-order valence-corrected chi connectivity index (χ1v) is 12.5. The summed E-state index contributed by atoms with van der Waals surface area (Å²) in [6.07, 6.45) is 0.937. The number of nitrogens with zero attached hydrogens (tertiary/aromatic N) is 4. The summed E-state index contributed by atoms with van der Waals surface area (Å²) in [6.45, 7) is 10.2. The largest absolute Gasteiger partial charge is 0.379 e. The second-order valence-electron chi connectivity index (χ2n) is 7.68. The number of ether oxygens (including phenoxy) is 1. The van der Waals surface area contributed by atoms with Crippen LogP contribution in [0.25, 0.3) is 11.4 Å². The maximum absolute atomic E-state index is 13.1. The van der Waals surface area contributed by atoms with Crippen molar-refractivity contribution in [1.29, 1.82) is 0 Å². The van der Waals surface area contributed by atoms with Crippen molar-refractivity contribution in [2.45, 2.75) is 50.2 Å². The minimum atomic E-state index is -3.56. The molecule has 1 aromatic carbocycles. The highest BCUT2D eigenvalue weighted by Crippen LogP contribution is 2.31. The molecule has 0 unspecified atom stereocenters. The molecule has 1 atom stereocenters. The number of aromatic nitrogens is 3. The molecule has 3 rings (SSSR count). The molecule has 9 heteroatoms. The highest BCUT2D eigenvalue weighted by Gasteiger charge is 2.27. The van der Waals surface area contributed by atoms with Crippen LogP contribution in [0.2, 0.25) is 0 Å². The predicted molar refractivity (Wildman–Crippen MR) is 116 cm³/mol. The SMILES string of the molecule is CC[C@@H](C)n1c(SCC(C)C)nnc1-c1cccc(S(=O)(=O)N2CCOCC2)c1. The Balaban J connectivity index is 1.98. The van der Waals surface area contributed by atoms with E-state index >= 15 is 0 Å². The summed E-state index contributed by atoms with van der Waals surface area (Å²) in [5, 5.41) is 9.73. The Morgan fingerprint density at radius 3 is 2.55 bits per heavy atom. The summed E-state index contributed by atoms with van der Waals surface area (Å²) in [7, 11) is -3.56. The van der Waals surface area contributed by atoms with Crippen molar-refractivity contribution in [1.82, 2.24) is 19.1 Å². The van der Waals surface area contributed by atoms with Gasteiger partial charge in [0.15, 0.2) is 11.0 Å². The Morgan fingerprint density at radius 1 is 1.17 bits per heavy atom. The number of benzene rings is 1. The maximum atomic E-state index is 13.1. The Hall–Kier alpha value is -1.42. The molecular formula is C20H30N4O3S2. The summed E-state index contributed by atoms with van der Waals surface area (Å²) in [4.78, 5) is 0.284. The van der Waals surface area contributed by atoms with Gasteiger partial charge in [0.25, 0.3) is 0 Å². The molecule has 0 N–H and O–H groups in total. The van der Waals surface area contributed by atoms with Crippen LogP contribution in [-0.2, 0) is 14.8 Å². The topological polar surface area (TPSA) is 77.3 Å². The molecule has 1 saturated heterocycles. The van der Waals surface area contributed by atoms with Crippen LogP contribution in [0.1, 0.15) is 40.2 Å². The lowest BCUT2D eigenvalue weighted by Gasteiger charge is -2.26. The molecule has 1 aromatic heterocycles. The van der Waals surface area contributed by atoms with Crippen LogP contribution in [0.15, 0.2) is 34.3 Å². The Kier molecular flexibility index (Phi) is 7.37. The minimum Gasteiger partial charge on any atom is -0.379 e. The van der Waals surface area contributed by atoms with Gasteiger partial charge in [-0.2, -0.15) is 4.31 Å². The molecule has 160 valence electrons. The smallest absolute Gasteiger partial charge is 0.243 e. The number of sulfonamides is 1. The van der Waals surface area contributed by atoms with E-state index in [9.17, 15) is 8.42 Å². The number of hydrogen-bond donors (Lipinski definition) is 0. The van der Waals surface area contributed by atoms with E-state index in [0.29, 0.717) is 38.0 Å². The minimum absolute atomic E-state index is 0.217. The van der Waals surface area contributed by atoms with Crippen LogP contribution in [0.5, 0.6) is 0 Å². The van der Waals surface area contributed by atoms with Crippen molar-refractivity contribution in [3.05, 3.63) is 24.3 Å². The van der Waals surface area contributed by atoms with E-state index in [1.165, 1.54) is 4.31 Å². The third-order valence-electron chi connectivity index (χ3n) is 4.94. The second-order valence-corrected chi connectivity index (χ2v) is 10.6. The molecular weight excluding hydrogens is 408 g/mol. The van der Waals surface area contributed by atoms with Gasteiger partial charge in [-0.15, -0.1) is 10.2 Å². The van der Waals surface area contributed by atoms with E-state index in [2.05, 4.69) is 42.5 Å². The third-order valence-corrected chi connectivity index (χ3v) is 8.21. The van der Waals surface area contributed by atoms with Crippen LogP contribution in [0.3, 0.4) is 0 Å². The number of morpholine rings is 1. The zero-order valence-corrected chi connectivity index (χ0v) is 19.2. The average molecular weight is 439 g/mol. The molecule has 0 spiro atoms. The van der Waals surface area contributed by atoms with Gasteiger partial charge in [0, 0.05) is 30.4 Å². The zero-order chi connectivity index (χ0) is 21.0. The second kappa shape index (κ2) is 9.59. The molecule has 29 heavy (non-hydrogen) atoms. The van der Waals surface area contributed by atoms with Gasteiger partial charge in [-0.3, -0.25) is 4.57 Å². The van der Waals surface area contributed by atoms with Crippen molar-refractivity contribution in [3.8, 4) is 11.4 Å². The van der Waals surface area contributed by atoms with Crippen molar-refractivity contribution in [3.63, 3.8) is 0 Å². The van der Waals surface area contributed by atoms with E-state index in [0.717, 1.165) is 22.9 Å². The standard InChI is InChI=1S/C20H30N4O3S2/c1-5-16(4)24-19(21-22-20(24)28-14-15(2)3)17-7-6-8-18(13-17)29(25,26)23-9-11-27-12-10-23/h6-8,13,15-16H,5,9-12,14H2,1-4H3/t16-/m1/s1. The molecule has 0 amide bonds. The van der Waals surface area contributed by atoms with Crippen LogP contribution < -0.4 is 0 Å². The first-order valence-electron chi connectivity index (χ1n) is 10.1. The van der Waals surface area contributed by atoms with Crippen LogP contribution in [0, 0.1) is 5.92 Å². The van der Waals surface area contributed by atoms with Gasteiger partial charge >= 0.3 is 0 Å². The fourth-order valence-electron chi connectivity index (χ4n) is 3.13. The molecule has 1 aliphatic heterocycles. The van der Waals surface area contributed by atoms with Gasteiger partial charge < -0.3 is 4.74 Å². The summed E-state index contributed by atoms with van der Waals surface area (Å²) < 4.78 is 35.0. The number of thioether (sulfide) groups is 1. The average Bonchev–Trinajstić information content (AvgIpc) is 3.16. The maximum Gasteiger partial charge on any atom is 0.243 e. The highest BCUT2D eigenvalue weighted by molar-refractivity contribution is 7.99. The monoisotopic (exact) mass is 438 g/mol. The fraction of sp³-hybridized carbons (Fsp3) is 0.600. The van der Waals surface area contributed by atoms with Gasteiger partial charge in [-0.05, 0) is 31.4 Å². The number of hydrogen-bond acceptors (Lipinski definition) is 6. The molecule has 2 heterocycles. The highest BCUT2D eigenvalue weighted by atomic mass is 32.2. The molecule has 0 bridgehead atoms. The predicted octanol–water partition coefficient (Wildman–Crippen LogP) is 3.69. The fourth-order valence-corrected chi connectivity index (χ4v) is 5.57. The lowest BCUT2D eigenvalue weighted by molar-refractivity contribution is 0.0730. The van der Waals surface area contributed by atoms with E-state index in [-0.39, 0.29) is 10.9 Å². The first kappa shape index (κ1) is 22.3. The molecule has 0 saturated carbocycles. The van der Waals surface area contributed by atoms with Crippen molar-refractivity contribution >= 4 is 21.8 Å². The zero-order valence-electron chi connectivity index (χ0n) is 17.5. The summed E-state index contributed by atoms with van der Waals surface area (Å²) in [5.41, 5.74) is 0.767. The van der Waals surface area contributed by atoms with Gasteiger partial charge in [0.2, 0.25) is 10.0 Å². The van der Waals surface area contributed by atoms with E-state index < -0.39 is 10.0 Å². The first-order chi connectivity index (χ1) is 13.8. The Morgan fingerprint density at radius 2 is 1.90 bits per heavy atom. The Labute approximate surface area is 177 Å². The lowest BCUT2D eigenvalue weighted by atomic mass is 10.2. The van der Waals surface area contributed by atoms with Crippen molar-refractivity contribution < 1.29 is 13.2 Å². The number of rotatable bonds is 8. The summed E-state index contributed by atoms with van der Waals surface area (Å²) in [5.74, 6) is 2.22.